The molecule has 0 unspecified atom stereocenters. The van der Waals surface area contributed by atoms with E-state index in [1.165, 1.54) is 10.9 Å². The van der Waals surface area contributed by atoms with E-state index in [-0.39, 0.29) is 48.9 Å². The first kappa shape index (κ1) is 25.2. The second-order valence-electron chi connectivity index (χ2n) is 8.06. The van der Waals surface area contributed by atoms with E-state index >= 15 is 0 Å². The van der Waals surface area contributed by atoms with E-state index in [4.69, 9.17) is 31.4 Å². The van der Waals surface area contributed by atoms with Crippen LogP contribution in [0.3, 0.4) is 0 Å². The Morgan fingerprint density at radius 2 is 1.59 bits per heavy atom. The van der Waals surface area contributed by atoms with Crippen LogP contribution in [0.4, 0.5) is 5.95 Å². The minimum Gasteiger partial charge on any atom is -0.462 e. The molecular weight excluding hydrogens is 422 g/mol. The predicted molar refractivity (Wildman–Crippen MR) is 115 cm³/mol. The van der Waals surface area contributed by atoms with E-state index in [0.717, 1.165) is 0 Å². The molecule has 0 aliphatic carbocycles. The first-order chi connectivity index (χ1) is 15.0. The van der Waals surface area contributed by atoms with Crippen LogP contribution in [0.15, 0.2) is 11.1 Å². The van der Waals surface area contributed by atoms with Crippen LogP contribution in [0.25, 0.3) is 11.2 Å². The molecule has 178 valence electrons. The van der Waals surface area contributed by atoms with Crippen LogP contribution in [0.2, 0.25) is 0 Å². The molecule has 0 aliphatic heterocycles. The van der Waals surface area contributed by atoms with Crippen molar-refractivity contribution in [1.29, 1.82) is 0 Å². The molecule has 0 bridgehead atoms. The van der Waals surface area contributed by atoms with Crippen LogP contribution in [0, 0.1) is 11.8 Å². The number of nitrogens with zero attached hydrogens (tertiary/aromatic N) is 3. The Labute approximate surface area is 184 Å². The molecule has 2 aromatic rings. The SMILES string of the molecule is CC(C)[C@H](N)C(=O)OCC(COC(=O)[C@@H](N)C(C)C)OCn1cnc2c(=O)[nH]c(N)nc21. The van der Waals surface area contributed by atoms with E-state index in [0.29, 0.717) is 0 Å². The topological polar surface area (TPSA) is 203 Å². The summed E-state index contributed by atoms with van der Waals surface area (Å²) < 4.78 is 17.7. The van der Waals surface area contributed by atoms with Crippen molar-refractivity contribution in [1.82, 2.24) is 19.5 Å². The zero-order valence-corrected chi connectivity index (χ0v) is 18.6. The molecule has 0 radical (unpaired) electrons. The monoisotopic (exact) mass is 453 g/mol. The summed E-state index contributed by atoms with van der Waals surface area (Å²) in [6, 6.07) is -1.60. The van der Waals surface area contributed by atoms with Crippen molar-refractivity contribution in [3.05, 3.63) is 16.7 Å². The van der Waals surface area contributed by atoms with Gasteiger partial charge in [0, 0.05) is 0 Å². The average molecular weight is 454 g/mol. The van der Waals surface area contributed by atoms with E-state index in [9.17, 15) is 14.4 Å². The average Bonchev–Trinajstić information content (AvgIpc) is 3.14. The fourth-order valence-electron chi connectivity index (χ4n) is 2.48. The number of esters is 2. The van der Waals surface area contributed by atoms with Crippen molar-refractivity contribution in [3.63, 3.8) is 0 Å². The van der Waals surface area contributed by atoms with Crippen molar-refractivity contribution in [3.8, 4) is 0 Å². The van der Waals surface area contributed by atoms with Crippen LogP contribution in [-0.4, -0.2) is 62.9 Å². The molecule has 0 amide bonds. The summed E-state index contributed by atoms with van der Waals surface area (Å²) in [6.45, 7) is 6.61. The Hall–Kier alpha value is -3.03. The first-order valence-corrected chi connectivity index (χ1v) is 10.2. The normalized spacial score (nSPS) is 13.7. The van der Waals surface area contributed by atoms with Gasteiger partial charge in [0.05, 0.1) is 6.33 Å². The summed E-state index contributed by atoms with van der Waals surface area (Å²) in [5, 5.41) is 0. The molecule has 32 heavy (non-hydrogen) atoms. The molecule has 2 atom stereocenters. The number of fused-ring (bicyclic) bond motifs is 1. The number of anilines is 1. The summed E-state index contributed by atoms with van der Waals surface area (Å²) in [5.74, 6) is -1.51. The summed E-state index contributed by atoms with van der Waals surface area (Å²) in [7, 11) is 0. The maximum Gasteiger partial charge on any atom is 0.323 e. The zero-order valence-electron chi connectivity index (χ0n) is 18.6. The van der Waals surface area contributed by atoms with Gasteiger partial charge in [0.15, 0.2) is 11.2 Å². The smallest absolute Gasteiger partial charge is 0.323 e. The van der Waals surface area contributed by atoms with Gasteiger partial charge in [0.2, 0.25) is 5.95 Å². The number of carbonyl (C=O) groups excluding carboxylic acids is 2. The Balaban J connectivity index is 2.09. The largest absolute Gasteiger partial charge is 0.462 e. The number of ether oxygens (including phenoxy) is 3. The number of nitrogens with one attached hydrogen (secondary N) is 1. The minimum absolute atomic E-state index is 0.0750. The summed E-state index contributed by atoms with van der Waals surface area (Å²) >= 11 is 0. The fraction of sp³-hybridized carbons (Fsp3) is 0.632. The van der Waals surface area contributed by atoms with Crippen molar-refractivity contribution in [2.75, 3.05) is 18.9 Å². The Bertz CT molecular complexity index is 956. The van der Waals surface area contributed by atoms with Gasteiger partial charge in [-0.2, -0.15) is 4.98 Å². The van der Waals surface area contributed by atoms with Gasteiger partial charge in [-0.3, -0.25) is 23.9 Å². The molecule has 0 aliphatic rings. The summed E-state index contributed by atoms with van der Waals surface area (Å²) in [5.41, 5.74) is 17.0. The number of hydrogen-bond acceptors (Lipinski definition) is 11. The lowest BCUT2D eigenvalue weighted by molar-refractivity contribution is -0.160. The standard InChI is InChI=1S/C19H31N7O6/c1-9(2)12(20)17(28)30-5-11(6-31-18(29)13(21)10(3)4)32-8-26-7-23-14-15(26)24-19(22)25-16(14)27/h7,9-13H,5-6,8,20-21H2,1-4H3,(H3,22,24,25,27)/t12-,13-/m0/s1. The number of nitrogen functional groups attached to an aromatic ring is 1. The van der Waals surface area contributed by atoms with Crippen LogP contribution >= 0.6 is 0 Å². The van der Waals surface area contributed by atoms with Gasteiger partial charge in [-0.1, -0.05) is 27.7 Å². The van der Waals surface area contributed by atoms with Gasteiger partial charge in [-0.15, -0.1) is 0 Å². The highest BCUT2D eigenvalue weighted by Gasteiger charge is 2.24. The zero-order chi connectivity index (χ0) is 24.0. The van der Waals surface area contributed by atoms with Crippen LogP contribution < -0.4 is 22.8 Å². The number of nitrogens with two attached hydrogens (primary N) is 3. The highest BCUT2D eigenvalue weighted by molar-refractivity contribution is 5.76. The number of H-pyrrole nitrogens is 1. The van der Waals surface area contributed by atoms with E-state index < -0.39 is 35.7 Å². The summed E-state index contributed by atoms with van der Waals surface area (Å²) in [6.07, 6.45) is 0.517. The van der Waals surface area contributed by atoms with E-state index in [1.54, 1.807) is 27.7 Å². The number of aromatic nitrogens is 4. The number of carbonyl (C=O) groups is 2. The molecule has 0 saturated heterocycles. The van der Waals surface area contributed by atoms with Crippen LogP contribution in [0.5, 0.6) is 0 Å². The molecule has 2 rings (SSSR count). The van der Waals surface area contributed by atoms with Gasteiger partial charge in [-0.05, 0) is 11.8 Å². The number of aromatic amines is 1. The Morgan fingerprint density at radius 1 is 1.06 bits per heavy atom. The highest BCUT2D eigenvalue weighted by Crippen LogP contribution is 2.09. The lowest BCUT2D eigenvalue weighted by Gasteiger charge is -2.22. The molecule has 13 heteroatoms. The third kappa shape index (κ3) is 6.48. The lowest BCUT2D eigenvalue weighted by atomic mass is 10.1. The van der Waals surface area contributed by atoms with E-state index in [2.05, 4.69) is 15.0 Å². The molecule has 0 saturated carbocycles. The molecule has 2 aromatic heterocycles. The molecular formula is C19H31N7O6. The molecule has 13 nitrogen and oxygen atoms in total. The fourth-order valence-corrected chi connectivity index (χ4v) is 2.48. The van der Waals surface area contributed by atoms with Gasteiger partial charge >= 0.3 is 11.9 Å². The molecule has 0 fully saturated rings. The highest BCUT2D eigenvalue weighted by atomic mass is 16.6. The molecule has 7 N–H and O–H groups in total. The van der Waals surface area contributed by atoms with E-state index in [1.807, 2.05) is 0 Å². The quantitative estimate of drug-likeness (QED) is 0.307. The number of rotatable bonds is 11. The minimum atomic E-state index is -0.835. The third-order valence-corrected chi connectivity index (χ3v) is 4.75. The van der Waals surface area contributed by atoms with Gasteiger partial charge in [-0.25, -0.2) is 4.98 Å². The van der Waals surface area contributed by atoms with Crippen LogP contribution in [0.1, 0.15) is 27.7 Å². The lowest BCUT2D eigenvalue weighted by Crippen LogP contribution is -2.41. The predicted octanol–water partition coefficient (Wildman–Crippen LogP) is -0.902. The second-order valence-corrected chi connectivity index (χ2v) is 8.06. The van der Waals surface area contributed by atoms with Crippen molar-refractivity contribution in [2.24, 2.45) is 23.3 Å². The van der Waals surface area contributed by atoms with Crippen LogP contribution in [-0.2, 0) is 30.5 Å². The second kappa shape index (κ2) is 11.0. The first-order valence-electron chi connectivity index (χ1n) is 10.2. The number of imidazole rings is 1. The van der Waals surface area contributed by atoms with Crippen molar-refractivity contribution in [2.45, 2.75) is 52.6 Å². The Morgan fingerprint density at radius 3 is 2.09 bits per heavy atom. The maximum atomic E-state index is 12.1. The molecule has 0 spiro atoms. The van der Waals surface area contributed by atoms with Crippen molar-refractivity contribution < 1.29 is 23.8 Å². The third-order valence-electron chi connectivity index (χ3n) is 4.75. The molecule has 0 aromatic carbocycles. The Kier molecular flexibility index (Phi) is 8.69. The van der Waals surface area contributed by atoms with Gasteiger partial charge in [0.25, 0.3) is 5.56 Å². The molecule has 2 heterocycles. The number of hydrogen-bond donors (Lipinski definition) is 4. The van der Waals surface area contributed by atoms with Crippen molar-refractivity contribution >= 4 is 29.1 Å². The maximum absolute atomic E-state index is 12.1. The summed E-state index contributed by atoms with van der Waals surface area (Å²) in [4.78, 5) is 46.5. The van der Waals surface area contributed by atoms with Gasteiger partial charge in [0.1, 0.15) is 38.1 Å². The van der Waals surface area contributed by atoms with Gasteiger partial charge < -0.3 is 31.4 Å².